The van der Waals surface area contributed by atoms with Gasteiger partial charge >= 0.3 is 6.03 Å². The van der Waals surface area contributed by atoms with Crippen LogP contribution in [0.2, 0.25) is 0 Å². The zero-order chi connectivity index (χ0) is 22.2. The van der Waals surface area contributed by atoms with Crippen LogP contribution in [0.1, 0.15) is 27.5 Å². The van der Waals surface area contributed by atoms with Gasteiger partial charge in [-0.1, -0.05) is 36.4 Å². The van der Waals surface area contributed by atoms with Crippen LogP contribution in [0, 0.1) is 0 Å². The van der Waals surface area contributed by atoms with Crippen LogP contribution in [0.3, 0.4) is 0 Å². The van der Waals surface area contributed by atoms with Crippen LogP contribution >= 0.6 is 0 Å². The van der Waals surface area contributed by atoms with Crippen molar-refractivity contribution < 1.29 is 14.3 Å². The minimum atomic E-state index is -0.479. The van der Waals surface area contributed by atoms with Crippen LogP contribution in [0.25, 0.3) is 5.70 Å². The molecule has 0 radical (unpaired) electrons. The van der Waals surface area contributed by atoms with E-state index in [2.05, 4.69) is 22.2 Å². The molecule has 2 aromatic carbocycles. The van der Waals surface area contributed by atoms with Gasteiger partial charge in [0.25, 0.3) is 0 Å². The summed E-state index contributed by atoms with van der Waals surface area (Å²) in [6.07, 6.45) is 0. The molecule has 1 aliphatic carbocycles. The lowest BCUT2D eigenvalue weighted by Gasteiger charge is -2.32. The van der Waals surface area contributed by atoms with Crippen molar-refractivity contribution in [3.8, 4) is 5.75 Å². The van der Waals surface area contributed by atoms with Crippen LogP contribution in [0.4, 0.5) is 4.79 Å². The van der Waals surface area contributed by atoms with E-state index in [0.717, 1.165) is 49.6 Å². The molecule has 0 spiro atoms. The zero-order valence-electron chi connectivity index (χ0n) is 18.5. The van der Waals surface area contributed by atoms with Gasteiger partial charge in [0.1, 0.15) is 12.4 Å². The molecular formula is C25H28N4O3. The molecule has 32 heavy (non-hydrogen) atoms. The molecule has 2 amide bonds. The maximum Gasteiger partial charge on any atom is 0.322 e. The van der Waals surface area contributed by atoms with Gasteiger partial charge in [0.2, 0.25) is 0 Å². The first-order valence-electron chi connectivity index (χ1n) is 11.1. The largest absolute Gasteiger partial charge is 0.492 e. The highest BCUT2D eigenvalue weighted by Gasteiger charge is 2.42. The fraction of sp³-hybridized carbons (Fsp3) is 0.360. The monoisotopic (exact) mass is 432 g/mol. The van der Waals surface area contributed by atoms with E-state index in [1.807, 2.05) is 48.5 Å². The number of hydrogen-bond donors (Lipinski definition) is 1. The predicted octanol–water partition coefficient (Wildman–Crippen LogP) is 2.62. The van der Waals surface area contributed by atoms with Gasteiger partial charge in [-0.15, -0.1) is 0 Å². The molecule has 5 rings (SSSR count). The first-order valence-corrected chi connectivity index (χ1v) is 11.1. The molecule has 7 nitrogen and oxygen atoms in total. The molecule has 7 heteroatoms. The van der Waals surface area contributed by atoms with Gasteiger partial charge in [0.05, 0.1) is 17.3 Å². The number of nitrogens with zero attached hydrogens (tertiary/aromatic N) is 3. The van der Waals surface area contributed by atoms with Crippen molar-refractivity contribution >= 4 is 17.5 Å². The Morgan fingerprint density at radius 3 is 2.34 bits per heavy atom. The fourth-order valence-electron chi connectivity index (χ4n) is 4.68. The highest BCUT2D eigenvalue weighted by Crippen LogP contribution is 2.43. The van der Waals surface area contributed by atoms with Crippen molar-refractivity contribution in [1.29, 1.82) is 0 Å². The summed E-state index contributed by atoms with van der Waals surface area (Å²) >= 11 is 0. The summed E-state index contributed by atoms with van der Waals surface area (Å²) in [5, 5.41) is 2.99. The summed E-state index contributed by atoms with van der Waals surface area (Å²) < 4.78 is 5.94. The standard InChI is InChI=1S/C25H28N4O3/c1-27-11-13-29(14-12-27)15-16-32-18-9-7-17(8-10-18)22-21-23(28(2)25(31)26-22)19-5-3-4-6-20(19)24(21)30/h3-10,22H,11-16H2,1-2H3,(H,26,31). The van der Waals surface area contributed by atoms with Crippen molar-refractivity contribution in [2.24, 2.45) is 0 Å². The molecule has 0 bridgehead atoms. The number of ether oxygens (including phenoxy) is 1. The summed E-state index contributed by atoms with van der Waals surface area (Å²) in [4.78, 5) is 32.1. The smallest absolute Gasteiger partial charge is 0.322 e. The Morgan fingerprint density at radius 1 is 0.938 bits per heavy atom. The Bertz CT molecular complexity index is 1070. The molecule has 1 N–H and O–H groups in total. The molecule has 166 valence electrons. The van der Waals surface area contributed by atoms with Gasteiger partial charge < -0.3 is 15.0 Å². The lowest BCUT2D eigenvalue weighted by atomic mass is 9.94. The summed E-state index contributed by atoms with van der Waals surface area (Å²) in [5.41, 5.74) is 3.66. The number of ketones is 1. The van der Waals surface area contributed by atoms with E-state index in [9.17, 15) is 9.59 Å². The van der Waals surface area contributed by atoms with Gasteiger partial charge in [-0.05, 0) is 24.7 Å². The number of hydrogen-bond acceptors (Lipinski definition) is 5. The number of carbonyl (C=O) groups excluding carboxylic acids is 2. The second kappa shape index (κ2) is 8.41. The highest BCUT2D eigenvalue weighted by atomic mass is 16.5. The van der Waals surface area contributed by atoms with Crippen molar-refractivity contribution in [2.45, 2.75) is 6.04 Å². The maximum atomic E-state index is 13.2. The summed E-state index contributed by atoms with van der Waals surface area (Å²) in [6, 6.07) is 14.5. The third-order valence-electron chi connectivity index (χ3n) is 6.61. The summed E-state index contributed by atoms with van der Waals surface area (Å²) in [7, 11) is 3.85. The number of benzene rings is 2. The molecular weight excluding hydrogens is 404 g/mol. The van der Waals surface area contributed by atoms with Crippen molar-refractivity contribution in [3.05, 3.63) is 70.8 Å². The molecule has 0 aromatic heterocycles. The van der Waals surface area contributed by atoms with E-state index >= 15 is 0 Å². The Hall–Kier alpha value is -3.16. The molecule has 1 saturated heterocycles. The number of urea groups is 1. The molecule has 1 atom stereocenters. The fourth-order valence-corrected chi connectivity index (χ4v) is 4.68. The Balaban J connectivity index is 1.31. The normalized spacial score (nSPS) is 21.4. The Kier molecular flexibility index (Phi) is 5.45. The van der Waals surface area contributed by atoms with Crippen LogP contribution in [-0.4, -0.2) is 79.9 Å². The van der Waals surface area contributed by atoms with E-state index in [4.69, 9.17) is 4.74 Å². The number of rotatable bonds is 5. The molecule has 2 heterocycles. The summed E-state index contributed by atoms with van der Waals surface area (Å²) in [5.74, 6) is 0.761. The van der Waals surface area contributed by atoms with Gasteiger partial charge in [-0.25, -0.2) is 4.79 Å². The van der Waals surface area contributed by atoms with E-state index in [1.54, 1.807) is 7.05 Å². The first kappa shape index (κ1) is 20.7. The van der Waals surface area contributed by atoms with E-state index < -0.39 is 6.04 Å². The van der Waals surface area contributed by atoms with E-state index in [0.29, 0.717) is 23.4 Å². The van der Waals surface area contributed by atoms with Crippen LogP contribution < -0.4 is 10.1 Å². The second-order valence-electron chi connectivity index (χ2n) is 8.64. The minimum Gasteiger partial charge on any atom is -0.492 e. The molecule has 0 saturated carbocycles. The van der Waals surface area contributed by atoms with Gasteiger partial charge in [0, 0.05) is 50.9 Å². The number of likely N-dealkylation sites (N-methyl/N-ethyl adjacent to an activating group) is 1. The maximum absolute atomic E-state index is 13.2. The average molecular weight is 433 g/mol. The third-order valence-corrected chi connectivity index (χ3v) is 6.61. The number of Topliss-reactive ketones (excluding diaryl/α,β-unsaturated/α-hetero) is 1. The van der Waals surface area contributed by atoms with Gasteiger partial charge in [0.15, 0.2) is 5.78 Å². The van der Waals surface area contributed by atoms with Gasteiger partial charge in [-0.3, -0.25) is 14.6 Å². The quantitative estimate of drug-likeness (QED) is 0.787. The number of piperazine rings is 1. The van der Waals surface area contributed by atoms with E-state index in [1.165, 1.54) is 4.90 Å². The van der Waals surface area contributed by atoms with Crippen LogP contribution in [-0.2, 0) is 0 Å². The third kappa shape index (κ3) is 3.67. The molecule has 1 fully saturated rings. The lowest BCUT2D eigenvalue weighted by Crippen LogP contribution is -2.45. The number of carbonyl (C=O) groups is 2. The molecule has 3 aliphatic rings. The molecule has 1 unspecified atom stereocenters. The lowest BCUT2D eigenvalue weighted by molar-refractivity contribution is 0.102. The minimum absolute atomic E-state index is 0.0278. The van der Waals surface area contributed by atoms with Crippen molar-refractivity contribution in [1.82, 2.24) is 20.0 Å². The van der Waals surface area contributed by atoms with Crippen molar-refractivity contribution in [2.75, 3.05) is 53.4 Å². The Labute approximate surface area is 188 Å². The highest BCUT2D eigenvalue weighted by molar-refractivity contribution is 6.23. The zero-order valence-corrected chi connectivity index (χ0v) is 18.5. The Morgan fingerprint density at radius 2 is 1.62 bits per heavy atom. The van der Waals surface area contributed by atoms with Gasteiger partial charge in [-0.2, -0.15) is 0 Å². The number of amides is 2. The molecule has 2 aromatic rings. The van der Waals surface area contributed by atoms with Crippen LogP contribution in [0.15, 0.2) is 54.1 Å². The topological polar surface area (TPSA) is 65.1 Å². The second-order valence-corrected chi connectivity index (χ2v) is 8.64. The SMILES string of the molecule is CN1CCN(CCOc2ccc(C3NC(=O)N(C)C4=C3C(=O)c3ccccc34)cc2)CC1. The van der Waals surface area contributed by atoms with E-state index in [-0.39, 0.29) is 11.8 Å². The number of fused-ring (bicyclic) bond motifs is 2. The average Bonchev–Trinajstić information content (AvgIpc) is 3.11. The summed E-state index contributed by atoms with van der Waals surface area (Å²) in [6.45, 7) is 5.88. The first-order chi connectivity index (χ1) is 15.5. The number of nitrogens with one attached hydrogen (secondary N) is 1. The predicted molar refractivity (Wildman–Crippen MR) is 123 cm³/mol. The van der Waals surface area contributed by atoms with Crippen LogP contribution in [0.5, 0.6) is 5.75 Å². The molecule has 2 aliphatic heterocycles. The van der Waals surface area contributed by atoms with Crippen molar-refractivity contribution in [3.63, 3.8) is 0 Å².